The fourth-order valence-corrected chi connectivity index (χ4v) is 5.65. The Kier molecular flexibility index (Phi) is 6.18. The maximum absolute atomic E-state index is 13.9. The predicted molar refractivity (Wildman–Crippen MR) is 131 cm³/mol. The van der Waals surface area contributed by atoms with Crippen molar-refractivity contribution in [3.8, 4) is 0 Å². The molecule has 34 heavy (non-hydrogen) atoms. The third kappa shape index (κ3) is 4.41. The van der Waals surface area contributed by atoms with Gasteiger partial charge in [-0.3, -0.25) is 4.79 Å². The minimum Gasteiger partial charge on any atom is -0.481 e. The summed E-state index contributed by atoms with van der Waals surface area (Å²) in [6, 6.07) is 18.0. The standard InChI is InChI=1S/C26H25FN2O4S/c1-16(2)18-5-4-6-21(13-18)28-20-8-10-22(11-9-20)34(32,33)29-17(3)23(15-26(30)31)24-14-19(27)7-12-25(24)29/h4-14,16,28H,15H2,1-3H3,(H,30,31). The molecule has 4 aromatic rings. The van der Waals surface area contributed by atoms with Gasteiger partial charge in [-0.2, -0.15) is 0 Å². The van der Waals surface area contributed by atoms with E-state index in [0.717, 1.165) is 21.4 Å². The van der Waals surface area contributed by atoms with E-state index in [4.69, 9.17) is 0 Å². The predicted octanol–water partition coefficient (Wildman–Crippen LogP) is 5.82. The largest absolute Gasteiger partial charge is 0.481 e. The Balaban J connectivity index is 1.72. The maximum atomic E-state index is 13.9. The van der Waals surface area contributed by atoms with Gasteiger partial charge in [0, 0.05) is 22.5 Å². The third-order valence-electron chi connectivity index (χ3n) is 5.81. The van der Waals surface area contributed by atoms with Crippen LogP contribution in [0, 0.1) is 12.7 Å². The summed E-state index contributed by atoms with van der Waals surface area (Å²) in [6.45, 7) is 5.76. The highest BCUT2D eigenvalue weighted by atomic mass is 32.2. The van der Waals surface area contributed by atoms with Crippen molar-refractivity contribution < 1.29 is 22.7 Å². The van der Waals surface area contributed by atoms with Crippen LogP contribution in [0.4, 0.5) is 15.8 Å². The van der Waals surface area contributed by atoms with Crippen LogP contribution in [0.3, 0.4) is 0 Å². The monoisotopic (exact) mass is 480 g/mol. The normalized spacial score (nSPS) is 11.8. The van der Waals surface area contributed by atoms with Crippen molar-refractivity contribution in [2.24, 2.45) is 0 Å². The Morgan fingerprint density at radius 3 is 2.38 bits per heavy atom. The van der Waals surface area contributed by atoms with Crippen LogP contribution in [0.5, 0.6) is 0 Å². The second-order valence-electron chi connectivity index (χ2n) is 8.49. The van der Waals surface area contributed by atoms with Crippen molar-refractivity contribution >= 4 is 38.3 Å². The van der Waals surface area contributed by atoms with Crippen LogP contribution in [-0.2, 0) is 21.2 Å². The highest BCUT2D eigenvalue weighted by Crippen LogP contribution is 2.32. The van der Waals surface area contributed by atoms with Crippen molar-refractivity contribution in [1.82, 2.24) is 3.97 Å². The number of nitrogens with zero attached hydrogens (tertiary/aromatic N) is 1. The number of aliphatic carboxylic acids is 1. The lowest BCUT2D eigenvalue weighted by Crippen LogP contribution is -2.15. The molecule has 0 aliphatic carbocycles. The summed E-state index contributed by atoms with van der Waals surface area (Å²) in [6.07, 6.45) is -0.410. The molecule has 3 aromatic carbocycles. The van der Waals surface area contributed by atoms with Crippen LogP contribution in [0.25, 0.3) is 10.9 Å². The van der Waals surface area contributed by atoms with Gasteiger partial charge in [0.1, 0.15) is 5.82 Å². The van der Waals surface area contributed by atoms with Crippen LogP contribution < -0.4 is 5.32 Å². The molecular weight excluding hydrogens is 455 g/mol. The minimum atomic E-state index is -4.06. The third-order valence-corrected chi connectivity index (χ3v) is 7.63. The number of rotatable bonds is 7. The van der Waals surface area contributed by atoms with E-state index in [1.165, 1.54) is 36.8 Å². The average Bonchev–Trinajstić information content (AvgIpc) is 3.05. The van der Waals surface area contributed by atoms with Crippen LogP contribution in [0.2, 0.25) is 0 Å². The van der Waals surface area contributed by atoms with Crippen molar-refractivity contribution in [1.29, 1.82) is 0 Å². The number of aromatic nitrogens is 1. The van der Waals surface area contributed by atoms with Gasteiger partial charge in [-0.25, -0.2) is 16.8 Å². The molecule has 1 heterocycles. The summed E-state index contributed by atoms with van der Waals surface area (Å²) in [7, 11) is -4.06. The molecule has 0 unspecified atom stereocenters. The highest BCUT2D eigenvalue weighted by Gasteiger charge is 2.26. The van der Waals surface area contributed by atoms with Gasteiger partial charge in [0.05, 0.1) is 16.8 Å². The molecule has 0 saturated heterocycles. The topological polar surface area (TPSA) is 88.4 Å². The molecule has 0 atom stereocenters. The quantitative estimate of drug-likeness (QED) is 0.348. The molecule has 4 rings (SSSR count). The van der Waals surface area contributed by atoms with Crippen LogP contribution in [-0.4, -0.2) is 23.5 Å². The van der Waals surface area contributed by atoms with Gasteiger partial charge >= 0.3 is 5.97 Å². The Morgan fingerprint density at radius 1 is 1.03 bits per heavy atom. The van der Waals surface area contributed by atoms with Crippen LogP contribution in [0.1, 0.15) is 36.6 Å². The van der Waals surface area contributed by atoms with Crippen molar-refractivity contribution in [2.75, 3.05) is 5.32 Å². The first-order valence-corrected chi connectivity index (χ1v) is 12.3. The molecule has 176 valence electrons. The molecule has 0 radical (unpaired) electrons. The highest BCUT2D eigenvalue weighted by molar-refractivity contribution is 7.90. The number of fused-ring (bicyclic) bond motifs is 1. The fraction of sp³-hybridized carbons (Fsp3) is 0.192. The summed E-state index contributed by atoms with van der Waals surface area (Å²) in [5.41, 5.74) is 3.57. The smallest absolute Gasteiger partial charge is 0.307 e. The lowest BCUT2D eigenvalue weighted by atomic mass is 10.0. The number of nitrogens with one attached hydrogen (secondary N) is 1. The molecule has 0 aliphatic heterocycles. The Bertz CT molecular complexity index is 1490. The molecule has 0 saturated carbocycles. The van der Waals surface area contributed by atoms with E-state index < -0.39 is 28.2 Å². The molecule has 6 nitrogen and oxygen atoms in total. The zero-order chi connectivity index (χ0) is 24.6. The second-order valence-corrected chi connectivity index (χ2v) is 10.3. The number of carbonyl (C=O) groups is 1. The summed E-state index contributed by atoms with van der Waals surface area (Å²) >= 11 is 0. The first-order chi connectivity index (χ1) is 16.1. The molecule has 0 spiro atoms. The molecule has 0 aliphatic rings. The number of carboxylic acid groups (broad SMARTS) is 1. The number of anilines is 2. The lowest BCUT2D eigenvalue weighted by molar-refractivity contribution is -0.136. The number of carboxylic acids is 1. The minimum absolute atomic E-state index is 0.0418. The molecular formula is C26H25FN2O4S. The summed E-state index contributed by atoms with van der Waals surface area (Å²) in [5.74, 6) is -1.31. The first kappa shape index (κ1) is 23.5. The van der Waals surface area contributed by atoms with Gasteiger partial charge in [-0.1, -0.05) is 26.0 Å². The Morgan fingerprint density at radius 2 is 1.74 bits per heavy atom. The van der Waals surface area contributed by atoms with E-state index in [1.54, 1.807) is 12.1 Å². The summed E-state index contributed by atoms with van der Waals surface area (Å²) < 4.78 is 42.1. The van der Waals surface area contributed by atoms with E-state index in [0.29, 0.717) is 5.92 Å². The van der Waals surface area contributed by atoms with Crippen LogP contribution >= 0.6 is 0 Å². The van der Waals surface area contributed by atoms with Gasteiger partial charge in [0.25, 0.3) is 10.0 Å². The molecule has 0 fully saturated rings. The van der Waals surface area contributed by atoms with E-state index in [-0.39, 0.29) is 27.1 Å². The fourth-order valence-electron chi connectivity index (χ4n) is 4.07. The second kappa shape index (κ2) is 8.95. The van der Waals surface area contributed by atoms with Gasteiger partial charge in [0.15, 0.2) is 0 Å². The van der Waals surface area contributed by atoms with E-state index in [9.17, 15) is 22.7 Å². The summed E-state index contributed by atoms with van der Waals surface area (Å²) in [4.78, 5) is 11.4. The SMILES string of the molecule is Cc1c(CC(=O)O)c2cc(F)ccc2n1S(=O)(=O)c1ccc(Nc2cccc(C(C)C)c2)cc1. The number of halogens is 1. The van der Waals surface area contributed by atoms with E-state index >= 15 is 0 Å². The van der Waals surface area contributed by atoms with Crippen molar-refractivity contribution in [3.63, 3.8) is 0 Å². The van der Waals surface area contributed by atoms with Gasteiger partial charge < -0.3 is 10.4 Å². The Hall–Kier alpha value is -3.65. The number of hydrogen-bond donors (Lipinski definition) is 2. The van der Waals surface area contributed by atoms with Gasteiger partial charge in [-0.15, -0.1) is 0 Å². The van der Waals surface area contributed by atoms with Gasteiger partial charge in [0.2, 0.25) is 0 Å². The average molecular weight is 481 g/mol. The Labute approximate surface area is 197 Å². The number of benzene rings is 3. The zero-order valence-electron chi connectivity index (χ0n) is 19.0. The van der Waals surface area contributed by atoms with Gasteiger partial charge in [-0.05, 0) is 78.6 Å². The molecule has 2 N–H and O–H groups in total. The lowest BCUT2D eigenvalue weighted by Gasteiger charge is -2.13. The molecule has 8 heteroatoms. The van der Waals surface area contributed by atoms with Crippen molar-refractivity contribution in [2.45, 2.75) is 38.0 Å². The van der Waals surface area contributed by atoms with Crippen molar-refractivity contribution in [3.05, 3.63) is 89.4 Å². The van der Waals surface area contributed by atoms with E-state index in [2.05, 4.69) is 25.2 Å². The zero-order valence-corrected chi connectivity index (χ0v) is 19.9. The number of hydrogen-bond acceptors (Lipinski definition) is 4. The van der Waals surface area contributed by atoms with E-state index in [1.807, 2.05) is 18.2 Å². The van der Waals surface area contributed by atoms with Crippen LogP contribution in [0.15, 0.2) is 71.6 Å². The molecule has 0 bridgehead atoms. The molecule has 0 amide bonds. The maximum Gasteiger partial charge on any atom is 0.307 e. The molecule has 1 aromatic heterocycles. The summed E-state index contributed by atoms with van der Waals surface area (Å²) in [5, 5.41) is 12.8. The first-order valence-electron chi connectivity index (χ1n) is 10.8.